The molecule has 0 unspecified atom stereocenters. The molecule has 0 aliphatic heterocycles. The summed E-state index contributed by atoms with van der Waals surface area (Å²) >= 11 is 12.1. The van der Waals surface area contributed by atoms with Gasteiger partial charge in [0.2, 0.25) is 20.9 Å². The summed E-state index contributed by atoms with van der Waals surface area (Å²) in [6.07, 6.45) is -5.38. The highest BCUT2D eigenvalue weighted by Gasteiger charge is 2.35. The highest BCUT2D eigenvalue weighted by molar-refractivity contribution is 7.91. The lowest BCUT2D eigenvalue weighted by atomic mass is 10.1. The molecule has 0 fully saturated rings. The van der Waals surface area contributed by atoms with Crippen molar-refractivity contribution in [2.24, 2.45) is 0 Å². The molecule has 0 aliphatic carbocycles. The number of benzene rings is 2. The summed E-state index contributed by atoms with van der Waals surface area (Å²) in [6, 6.07) is 10.1. The Morgan fingerprint density at radius 1 is 0.978 bits per heavy atom. The molecular weight excluding hydrogens is 658 g/mol. The molecule has 4 aromatic rings. The lowest BCUT2D eigenvalue weighted by Crippen LogP contribution is -2.18. The van der Waals surface area contributed by atoms with E-state index >= 15 is 0 Å². The standard InChI is InChI=1S/C29H28Cl2F3N5O5S/c1-16-27(17(2)39(38-16)15-18-7-9-20(30)21(31)12-18)37-26(40)6-5-11-45(41,42)28-35-22(14-25(36-28)29(32,33)34)19-8-10-23(43-3)24(13-19)44-4/h7-10,12-14H,5-6,11,15H2,1-4H3,(H,37,40). The van der Waals surface area contributed by atoms with Crippen LogP contribution in [-0.2, 0) is 27.4 Å². The molecule has 0 atom stereocenters. The second-order valence-corrected chi connectivity index (χ2v) is 12.7. The molecule has 0 radical (unpaired) electrons. The third-order valence-electron chi connectivity index (χ3n) is 6.73. The maximum atomic E-state index is 13.7. The summed E-state index contributed by atoms with van der Waals surface area (Å²) in [5.41, 5.74) is 0.934. The number of carbonyl (C=O) groups excluding carboxylic acids is 1. The highest BCUT2D eigenvalue weighted by Crippen LogP contribution is 2.35. The molecule has 4 rings (SSSR count). The van der Waals surface area contributed by atoms with Gasteiger partial charge >= 0.3 is 6.18 Å². The second-order valence-electron chi connectivity index (χ2n) is 9.91. The maximum absolute atomic E-state index is 13.7. The Bertz CT molecular complexity index is 1850. The number of rotatable bonds is 11. The predicted molar refractivity (Wildman–Crippen MR) is 163 cm³/mol. The minimum Gasteiger partial charge on any atom is -0.493 e. The number of aromatic nitrogens is 4. The number of hydrogen-bond donors (Lipinski definition) is 1. The van der Waals surface area contributed by atoms with Gasteiger partial charge in [-0.1, -0.05) is 29.3 Å². The summed E-state index contributed by atoms with van der Waals surface area (Å²) in [6.45, 7) is 3.83. The van der Waals surface area contributed by atoms with Crippen LogP contribution in [0.2, 0.25) is 10.0 Å². The van der Waals surface area contributed by atoms with Crippen molar-refractivity contribution in [1.29, 1.82) is 0 Å². The van der Waals surface area contributed by atoms with E-state index in [9.17, 15) is 26.4 Å². The van der Waals surface area contributed by atoms with Gasteiger partial charge in [-0.2, -0.15) is 18.3 Å². The third kappa shape index (κ3) is 8.05. The van der Waals surface area contributed by atoms with Gasteiger partial charge < -0.3 is 14.8 Å². The first-order valence-corrected chi connectivity index (χ1v) is 15.7. The van der Waals surface area contributed by atoms with E-state index in [1.54, 1.807) is 36.7 Å². The monoisotopic (exact) mass is 685 g/mol. The number of carbonyl (C=O) groups is 1. The van der Waals surface area contributed by atoms with Gasteiger partial charge in [0.15, 0.2) is 11.5 Å². The van der Waals surface area contributed by atoms with Crippen LogP contribution in [0.1, 0.15) is 35.5 Å². The van der Waals surface area contributed by atoms with E-state index in [1.165, 1.54) is 32.4 Å². The Kier molecular flexibility index (Phi) is 10.3. The number of sulfone groups is 1. The average Bonchev–Trinajstić information content (AvgIpc) is 3.24. The summed E-state index contributed by atoms with van der Waals surface area (Å²) in [5.74, 6) is -0.632. The number of methoxy groups -OCH3 is 2. The third-order valence-corrected chi connectivity index (χ3v) is 9.04. The van der Waals surface area contributed by atoms with Crippen LogP contribution < -0.4 is 14.8 Å². The van der Waals surface area contributed by atoms with Crippen molar-refractivity contribution in [2.75, 3.05) is 25.3 Å². The van der Waals surface area contributed by atoms with E-state index in [1.807, 2.05) is 0 Å². The number of anilines is 1. The molecule has 1 N–H and O–H groups in total. The van der Waals surface area contributed by atoms with Gasteiger partial charge in [0.1, 0.15) is 5.69 Å². The first-order valence-electron chi connectivity index (χ1n) is 13.3. The Balaban J connectivity index is 1.48. The Morgan fingerprint density at radius 2 is 1.69 bits per heavy atom. The SMILES string of the molecule is COc1ccc(-c2cc(C(F)(F)F)nc(S(=O)(=O)CCCC(=O)Nc3c(C)nn(Cc4ccc(Cl)c(Cl)c4)c3C)n2)cc1OC. The van der Waals surface area contributed by atoms with Gasteiger partial charge in [-0.05, 0) is 62.2 Å². The van der Waals surface area contributed by atoms with Crippen LogP contribution in [0.4, 0.5) is 18.9 Å². The van der Waals surface area contributed by atoms with Crippen molar-refractivity contribution >= 4 is 44.6 Å². The molecule has 0 saturated carbocycles. The normalized spacial score (nSPS) is 11.8. The van der Waals surface area contributed by atoms with Crippen LogP contribution in [0.5, 0.6) is 11.5 Å². The summed E-state index contributed by atoms with van der Waals surface area (Å²) in [4.78, 5) is 20.0. The zero-order chi connectivity index (χ0) is 33.1. The molecule has 2 aromatic carbocycles. The quantitative estimate of drug-likeness (QED) is 0.177. The van der Waals surface area contributed by atoms with Gasteiger partial charge in [0.05, 0.1) is 59.3 Å². The first-order chi connectivity index (χ1) is 21.1. The Morgan fingerprint density at radius 3 is 2.33 bits per heavy atom. The molecule has 240 valence electrons. The summed E-state index contributed by atoms with van der Waals surface area (Å²) < 4.78 is 79.3. The fraction of sp³-hybridized carbons (Fsp3) is 0.310. The van der Waals surface area contributed by atoms with E-state index in [0.717, 1.165) is 5.56 Å². The number of aryl methyl sites for hydroxylation is 1. The topological polar surface area (TPSA) is 125 Å². The molecule has 45 heavy (non-hydrogen) atoms. The van der Waals surface area contributed by atoms with E-state index < -0.39 is 38.5 Å². The number of hydrogen-bond acceptors (Lipinski definition) is 8. The fourth-order valence-electron chi connectivity index (χ4n) is 4.41. The van der Waals surface area contributed by atoms with E-state index in [0.29, 0.717) is 45.5 Å². The first kappa shape index (κ1) is 34.0. The number of nitrogens with one attached hydrogen (secondary N) is 1. The van der Waals surface area contributed by atoms with Gasteiger partial charge in [0, 0.05) is 12.0 Å². The molecule has 0 bridgehead atoms. The van der Waals surface area contributed by atoms with Crippen molar-refractivity contribution in [3.05, 3.63) is 75.2 Å². The number of alkyl halides is 3. The molecule has 2 heterocycles. The van der Waals surface area contributed by atoms with Crippen molar-refractivity contribution < 1.29 is 35.9 Å². The number of amides is 1. The van der Waals surface area contributed by atoms with Crippen molar-refractivity contribution in [3.63, 3.8) is 0 Å². The lowest BCUT2D eigenvalue weighted by molar-refractivity contribution is -0.141. The molecule has 2 aromatic heterocycles. The maximum Gasteiger partial charge on any atom is 0.433 e. The molecule has 0 saturated heterocycles. The fourth-order valence-corrected chi connectivity index (χ4v) is 5.91. The van der Waals surface area contributed by atoms with Crippen LogP contribution in [0.25, 0.3) is 11.3 Å². The van der Waals surface area contributed by atoms with Crippen molar-refractivity contribution in [3.8, 4) is 22.8 Å². The van der Waals surface area contributed by atoms with Crippen molar-refractivity contribution in [2.45, 2.75) is 44.6 Å². The van der Waals surface area contributed by atoms with Gasteiger partial charge in [0.25, 0.3) is 0 Å². The van der Waals surface area contributed by atoms with Crippen LogP contribution >= 0.6 is 23.2 Å². The minimum atomic E-state index is -4.95. The predicted octanol–water partition coefficient (Wildman–Crippen LogP) is 6.54. The second kappa shape index (κ2) is 13.6. The van der Waals surface area contributed by atoms with Gasteiger partial charge in [-0.3, -0.25) is 9.48 Å². The minimum absolute atomic E-state index is 0.154. The number of nitrogens with zero attached hydrogens (tertiary/aromatic N) is 4. The van der Waals surface area contributed by atoms with E-state index in [2.05, 4.69) is 20.4 Å². The summed E-state index contributed by atoms with van der Waals surface area (Å²) in [5, 5.41) is 7.01. The van der Waals surface area contributed by atoms with Crippen LogP contribution in [-0.4, -0.2) is 54.0 Å². The molecule has 10 nitrogen and oxygen atoms in total. The lowest BCUT2D eigenvalue weighted by Gasteiger charge is -2.13. The Hall–Kier alpha value is -3.88. The largest absolute Gasteiger partial charge is 0.493 e. The number of ether oxygens (including phenoxy) is 2. The number of halogens is 5. The molecule has 0 aliphatic rings. The van der Waals surface area contributed by atoms with Gasteiger partial charge in [-0.25, -0.2) is 18.4 Å². The van der Waals surface area contributed by atoms with E-state index in [-0.39, 0.29) is 29.8 Å². The van der Waals surface area contributed by atoms with Gasteiger partial charge in [-0.15, -0.1) is 0 Å². The molecular formula is C29H28Cl2F3N5O5S. The summed E-state index contributed by atoms with van der Waals surface area (Å²) in [7, 11) is -1.68. The van der Waals surface area contributed by atoms with Crippen LogP contribution in [0.15, 0.2) is 47.6 Å². The zero-order valence-electron chi connectivity index (χ0n) is 24.5. The highest BCUT2D eigenvalue weighted by atomic mass is 35.5. The van der Waals surface area contributed by atoms with Crippen LogP contribution in [0, 0.1) is 13.8 Å². The van der Waals surface area contributed by atoms with Crippen molar-refractivity contribution in [1.82, 2.24) is 19.7 Å². The Labute approximate surface area is 267 Å². The van der Waals surface area contributed by atoms with E-state index in [4.69, 9.17) is 32.7 Å². The molecule has 1 amide bonds. The smallest absolute Gasteiger partial charge is 0.433 e. The van der Waals surface area contributed by atoms with Crippen LogP contribution in [0.3, 0.4) is 0 Å². The zero-order valence-corrected chi connectivity index (χ0v) is 26.8. The average molecular weight is 687 g/mol. The molecule has 0 spiro atoms. The molecule has 16 heteroatoms.